The maximum atomic E-state index is 11.2. The highest BCUT2D eigenvalue weighted by Crippen LogP contribution is 2.33. The van der Waals surface area contributed by atoms with Gasteiger partial charge in [0.25, 0.3) is 9.05 Å². The summed E-state index contributed by atoms with van der Waals surface area (Å²) in [5.41, 5.74) is 2.48. The number of rotatable bonds is 3. The first-order valence-electron chi connectivity index (χ1n) is 6.69. The molecule has 1 unspecified atom stereocenters. The van der Waals surface area contributed by atoms with E-state index in [0.717, 1.165) is 19.3 Å². The van der Waals surface area contributed by atoms with Gasteiger partial charge in [-0.2, -0.15) is 0 Å². The van der Waals surface area contributed by atoms with Crippen LogP contribution in [0.5, 0.6) is 5.88 Å². The number of fused-ring (bicyclic) bond motifs is 1. The average molecular weight is 324 g/mol. The lowest BCUT2D eigenvalue weighted by Gasteiger charge is -2.25. The predicted molar refractivity (Wildman–Crippen MR) is 80.0 cm³/mol. The Hall–Kier alpha value is -1.59. The lowest BCUT2D eigenvalue weighted by atomic mass is 9.89. The summed E-state index contributed by atoms with van der Waals surface area (Å²) in [7, 11) is 1.51. The minimum atomic E-state index is -3.75. The van der Waals surface area contributed by atoms with Crippen molar-refractivity contribution in [2.75, 3.05) is 0 Å². The van der Waals surface area contributed by atoms with E-state index in [4.69, 9.17) is 15.4 Å². The topological polar surface area (TPSA) is 56.3 Å². The zero-order valence-electron chi connectivity index (χ0n) is 11.2. The van der Waals surface area contributed by atoms with Crippen LogP contribution in [0.25, 0.3) is 0 Å². The van der Waals surface area contributed by atoms with Gasteiger partial charge in [0, 0.05) is 16.7 Å². The third-order valence-electron chi connectivity index (χ3n) is 3.57. The minimum Gasteiger partial charge on any atom is -0.469 e. The van der Waals surface area contributed by atoms with Crippen molar-refractivity contribution in [1.29, 1.82) is 0 Å². The molecule has 0 radical (unpaired) electrons. The molecule has 21 heavy (non-hydrogen) atoms. The number of hydrogen-bond donors (Lipinski definition) is 0. The number of aromatic nitrogens is 1. The maximum Gasteiger partial charge on any atom is 0.262 e. The molecule has 0 aliphatic heterocycles. The molecule has 0 fully saturated rings. The third kappa shape index (κ3) is 3.19. The fourth-order valence-corrected chi connectivity index (χ4v) is 3.24. The molecule has 1 aromatic carbocycles. The van der Waals surface area contributed by atoms with Crippen molar-refractivity contribution >= 4 is 19.7 Å². The third-order valence-corrected chi connectivity index (χ3v) is 4.91. The number of pyridine rings is 1. The molecule has 1 aliphatic rings. The Bertz CT molecular complexity index is 744. The van der Waals surface area contributed by atoms with Gasteiger partial charge < -0.3 is 4.74 Å². The van der Waals surface area contributed by atoms with Gasteiger partial charge in [-0.1, -0.05) is 24.3 Å². The van der Waals surface area contributed by atoms with Gasteiger partial charge in [0.2, 0.25) is 5.88 Å². The number of nitrogens with zero attached hydrogens (tertiary/aromatic N) is 1. The number of halogens is 1. The largest absolute Gasteiger partial charge is 0.469 e. The SMILES string of the molecule is O=S(=O)(Cl)c1ccc(OC2CCCc3ccccc32)nc1. The second-order valence-corrected chi connectivity index (χ2v) is 7.53. The standard InChI is InChI=1S/C15H14ClNO3S/c16-21(18,19)12-8-9-15(17-10-12)20-14-7-3-5-11-4-1-2-6-13(11)14/h1-2,4,6,8-10,14H,3,5,7H2. The molecule has 0 N–H and O–H groups in total. The quantitative estimate of drug-likeness (QED) is 0.812. The molecule has 1 aromatic heterocycles. The highest BCUT2D eigenvalue weighted by Gasteiger charge is 2.21. The first-order chi connectivity index (χ1) is 10.0. The molecule has 4 nitrogen and oxygen atoms in total. The Balaban J connectivity index is 1.82. The second kappa shape index (κ2) is 5.66. The number of aryl methyl sites for hydroxylation is 1. The summed E-state index contributed by atoms with van der Waals surface area (Å²) >= 11 is 0. The molecule has 0 spiro atoms. The molecule has 2 aromatic rings. The molecular weight excluding hydrogens is 310 g/mol. The van der Waals surface area contributed by atoms with Gasteiger partial charge in [0.1, 0.15) is 11.0 Å². The zero-order chi connectivity index (χ0) is 14.9. The van der Waals surface area contributed by atoms with Gasteiger partial charge in [-0.15, -0.1) is 0 Å². The van der Waals surface area contributed by atoms with Crippen molar-refractivity contribution in [2.45, 2.75) is 30.3 Å². The van der Waals surface area contributed by atoms with E-state index in [1.54, 1.807) is 0 Å². The molecule has 1 heterocycles. The van der Waals surface area contributed by atoms with Crippen molar-refractivity contribution < 1.29 is 13.2 Å². The molecule has 3 rings (SSSR count). The maximum absolute atomic E-state index is 11.2. The molecule has 0 saturated heterocycles. The van der Waals surface area contributed by atoms with Crippen LogP contribution in [0.4, 0.5) is 0 Å². The van der Waals surface area contributed by atoms with Crippen molar-refractivity contribution in [3.8, 4) is 5.88 Å². The molecule has 6 heteroatoms. The van der Waals surface area contributed by atoms with Crippen LogP contribution in [0.15, 0.2) is 47.5 Å². The average Bonchev–Trinajstić information content (AvgIpc) is 2.47. The van der Waals surface area contributed by atoms with Gasteiger partial charge >= 0.3 is 0 Å². The van der Waals surface area contributed by atoms with Gasteiger partial charge in [0.05, 0.1) is 6.20 Å². The van der Waals surface area contributed by atoms with Gasteiger partial charge in [-0.25, -0.2) is 13.4 Å². The number of ether oxygens (including phenoxy) is 1. The van der Waals surface area contributed by atoms with Crippen LogP contribution in [-0.4, -0.2) is 13.4 Å². The van der Waals surface area contributed by atoms with Crippen LogP contribution in [0.3, 0.4) is 0 Å². The summed E-state index contributed by atoms with van der Waals surface area (Å²) in [6.07, 6.45) is 4.23. The zero-order valence-corrected chi connectivity index (χ0v) is 12.8. The Morgan fingerprint density at radius 3 is 2.71 bits per heavy atom. The van der Waals surface area contributed by atoms with Crippen LogP contribution in [0.1, 0.15) is 30.1 Å². The van der Waals surface area contributed by atoms with E-state index in [1.807, 2.05) is 12.1 Å². The summed E-state index contributed by atoms with van der Waals surface area (Å²) in [4.78, 5) is 4.00. The molecular formula is C15H14ClNO3S. The van der Waals surface area contributed by atoms with Gasteiger partial charge in [-0.05, 0) is 36.5 Å². The fraction of sp³-hybridized carbons (Fsp3) is 0.267. The first kappa shape index (κ1) is 14.4. The van der Waals surface area contributed by atoms with Crippen LogP contribution in [0, 0.1) is 0 Å². The van der Waals surface area contributed by atoms with E-state index < -0.39 is 9.05 Å². The molecule has 1 atom stereocenters. The normalized spacial score (nSPS) is 18.0. The first-order valence-corrected chi connectivity index (χ1v) is 9.00. The molecule has 110 valence electrons. The Labute approximate surface area is 128 Å². The predicted octanol–water partition coefficient (Wildman–Crippen LogP) is 3.47. The Kier molecular flexibility index (Phi) is 3.87. The van der Waals surface area contributed by atoms with Gasteiger partial charge in [-0.3, -0.25) is 0 Å². The minimum absolute atomic E-state index is 0.0273. The monoisotopic (exact) mass is 323 g/mol. The van der Waals surface area contributed by atoms with Gasteiger partial charge in [0.15, 0.2) is 0 Å². The summed E-state index contributed by atoms with van der Waals surface area (Å²) in [6, 6.07) is 11.1. The van der Waals surface area contributed by atoms with Crippen molar-refractivity contribution in [2.24, 2.45) is 0 Å². The number of benzene rings is 1. The summed E-state index contributed by atoms with van der Waals surface area (Å²) in [5.74, 6) is 0.403. The second-order valence-electron chi connectivity index (χ2n) is 4.97. The smallest absolute Gasteiger partial charge is 0.262 e. The van der Waals surface area contributed by atoms with E-state index in [1.165, 1.54) is 29.5 Å². The lowest BCUT2D eigenvalue weighted by Crippen LogP contribution is -2.15. The van der Waals surface area contributed by atoms with Crippen LogP contribution >= 0.6 is 10.7 Å². The van der Waals surface area contributed by atoms with E-state index in [0.29, 0.717) is 5.88 Å². The molecule has 1 aliphatic carbocycles. The summed E-state index contributed by atoms with van der Waals surface area (Å²) in [6.45, 7) is 0. The Morgan fingerprint density at radius 1 is 1.19 bits per heavy atom. The van der Waals surface area contributed by atoms with Crippen LogP contribution in [-0.2, 0) is 15.5 Å². The van der Waals surface area contributed by atoms with Crippen molar-refractivity contribution in [3.05, 3.63) is 53.7 Å². The van der Waals surface area contributed by atoms with Crippen LogP contribution in [0.2, 0.25) is 0 Å². The van der Waals surface area contributed by atoms with E-state index in [-0.39, 0.29) is 11.0 Å². The molecule has 0 bridgehead atoms. The van der Waals surface area contributed by atoms with Crippen LogP contribution < -0.4 is 4.74 Å². The van der Waals surface area contributed by atoms with E-state index in [9.17, 15) is 8.42 Å². The van der Waals surface area contributed by atoms with E-state index >= 15 is 0 Å². The van der Waals surface area contributed by atoms with Crippen molar-refractivity contribution in [3.63, 3.8) is 0 Å². The van der Waals surface area contributed by atoms with E-state index in [2.05, 4.69) is 17.1 Å². The van der Waals surface area contributed by atoms with Crippen molar-refractivity contribution in [1.82, 2.24) is 4.98 Å². The Morgan fingerprint density at radius 2 is 2.00 bits per heavy atom. The highest BCUT2D eigenvalue weighted by atomic mass is 35.7. The number of hydrogen-bond acceptors (Lipinski definition) is 4. The summed E-state index contributed by atoms with van der Waals surface area (Å²) in [5, 5.41) is 0. The molecule has 0 amide bonds. The molecule has 0 saturated carbocycles. The lowest BCUT2D eigenvalue weighted by molar-refractivity contribution is 0.175. The highest BCUT2D eigenvalue weighted by molar-refractivity contribution is 8.13. The summed E-state index contributed by atoms with van der Waals surface area (Å²) < 4.78 is 28.3. The fourth-order valence-electron chi connectivity index (χ4n) is 2.56.